The molecule has 3 aromatic carbocycles. The first-order chi connectivity index (χ1) is 19.3. The summed E-state index contributed by atoms with van der Waals surface area (Å²) in [7, 11) is -2.72. The van der Waals surface area contributed by atoms with Crippen LogP contribution in [0, 0.1) is 12.8 Å². The van der Waals surface area contributed by atoms with Gasteiger partial charge in [0.15, 0.2) is 0 Å². The van der Waals surface area contributed by atoms with E-state index in [2.05, 4.69) is 21.2 Å². The van der Waals surface area contributed by atoms with Crippen molar-refractivity contribution in [3.63, 3.8) is 0 Å². The molecule has 0 radical (unpaired) electrons. The van der Waals surface area contributed by atoms with E-state index in [0.717, 1.165) is 15.4 Å². The van der Waals surface area contributed by atoms with Crippen LogP contribution >= 0.6 is 27.5 Å². The van der Waals surface area contributed by atoms with Gasteiger partial charge in [0.2, 0.25) is 11.8 Å². The number of rotatable bonds is 12. The molecule has 1 atom stereocenters. The minimum absolute atomic E-state index is 0.0227. The van der Waals surface area contributed by atoms with Crippen LogP contribution in [-0.2, 0) is 26.2 Å². The highest BCUT2D eigenvalue weighted by Crippen LogP contribution is 2.31. The van der Waals surface area contributed by atoms with Gasteiger partial charge in [-0.2, -0.15) is 0 Å². The molecule has 41 heavy (non-hydrogen) atoms. The summed E-state index contributed by atoms with van der Waals surface area (Å²) in [6, 6.07) is 17.3. The number of halogens is 2. The number of nitrogens with one attached hydrogen (secondary N) is 1. The van der Waals surface area contributed by atoms with E-state index in [4.69, 9.17) is 16.3 Å². The fraction of sp³-hybridized carbons (Fsp3) is 0.333. The van der Waals surface area contributed by atoms with Crippen LogP contribution < -0.4 is 14.4 Å². The number of carbonyl (C=O) groups excluding carboxylic acids is 2. The number of carbonyl (C=O) groups is 2. The summed E-state index contributed by atoms with van der Waals surface area (Å²) in [6.45, 7) is 7.48. The van der Waals surface area contributed by atoms with Crippen molar-refractivity contribution in [2.75, 3.05) is 24.5 Å². The van der Waals surface area contributed by atoms with Gasteiger partial charge in [-0.15, -0.1) is 0 Å². The lowest BCUT2D eigenvalue weighted by Crippen LogP contribution is -2.51. The highest BCUT2D eigenvalue weighted by Gasteiger charge is 2.33. The van der Waals surface area contributed by atoms with E-state index in [1.807, 2.05) is 20.8 Å². The lowest BCUT2D eigenvalue weighted by Gasteiger charge is -2.32. The van der Waals surface area contributed by atoms with Gasteiger partial charge in [0, 0.05) is 18.1 Å². The minimum Gasteiger partial charge on any atom is -0.496 e. The van der Waals surface area contributed by atoms with Crippen molar-refractivity contribution in [2.45, 2.75) is 45.2 Å². The summed E-state index contributed by atoms with van der Waals surface area (Å²) < 4.78 is 34.8. The zero-order chi connectivity index (χ0) is 30.3. The van der Waals surface area contributed by atoms with E-state index in [1.165, 1.54) is 24.1 Å². The molecule has 8 nitrogen and oxygen atoms in total. The van der Waals surface area contributed by atoms with Gasteiger partial charge in [-0.25, -0.2) is 8.42 Å². The van der Waals surface area contributed by atoms with Crippen LogP contribution in [0.2, 0.25) is 5.02 Å². The van der Waals surface area contributed by atoms with Crippen molar-refractivity contribution < 1.29 is 22.7 Å². The number of anilines is 1. The molecule has 0 bridgehead atoms. The van der Waals surface area contributed by atoms with E-state index in [0.29, 0.717) is 27.5 Å². The smallest absolute Gasteiger partial charge is 0.264 e. The van der Waals surface area contributed by atoms with E-state index in [9.17, 15) is 18.0 Å². The summed E-state index contributed by atoms with van der Waals surface area (Å²) in [5.41, 5.74) is 2.00. The molecule has 0 spiro atoms. The molecule has 3 aromatic rings. The Morgan fingerprint density at radius 3 is 2.20 bits per heavy atom. The fourth-order valence-electron chi connectivity index (χ4n) is 4.00. The van der Waals surface area contributed by atoms with Gasteiger partial charge < -0.3 is 15.0 Å². The third-order valence-electron chi connectivity index (χ3n) is 6.43. The molecule has 11 heteroatoms. The molecule has 2 amide bonds. The van der Waals surface area contributed by atoms with Crippen molar-refractivity contribution in [3.05, 3.63) is 87.4 Å². The number of benzene rings is 3. The van der Waals surface area contributed by atoms with Gasteiger partial charge >= 0.3 is 0 Å². The number of ether oxygens (including phenoxy) is 1. The highest BCUT2D eigenvalue weighted by molar-refractivity contribution is 9.10. The largest absolute Gasteiger partial charge is 0.496 e. The molecule has 0 saturated heterocycles. The molecule has 0 saturated carbocycles. The molecule has 0 fully saturated rings. The van der Waals surface area contributed by atoms with Crippen molar-refractivity contribution in [1.29, 1.82) is 0 Å². The third-order valence-corrected chi connectivity index (χ3v) is 9.07. The van der Waals surface area contributed by atoms with Crippen molar-refractivity contribution in [3.8, 4) is 5.75 Å². The second kappa shape index (κ2) is 14.2. The molecule has 0 aromatic heterocycles. The SMILES string of the molecule is COc1ccc(S(=O)(=O)N(CC(=O)N(Cc2ccc(Cl)cc2)[C@H](C)C(=O)NCC(C)C)c2ccc(C)cc2)cc1Br. The Morgan fingerprint density at radius 1 is 1.00 bits per heavy atom. The summed E-state index contributed by atoms with van der Waals surface area (Å²) in [6.07, 6.45) is 0. The molecule has 3 rings (SSSR count). The Kier molecular flexibility index (Phi) is 11.2. The number of hydrogen-bond acceptors (Lipinski definition) is 5. The second-order valence-electron chi connectivity index (χ2n) is 10.1. The van der Waals surface area contributed by atoms with Crippen LogP contribution in [0.15, 0.2) is 76.1 Å². The maximum atomic E-state index is 14.0. The van der Waals surface area contributed by atoms with E-state index in [1.54, 1.807) is 61.5 Å². The molecule has 0 aliphatic carbocycles. The molecular weight excluding hydrogens is 630 g/mol. The van der Waals surface area contributed by atoms with Gasteiger partial charge in [-0.3, -0.25) is 13.9 Å². The molecule has 220 valence electrons. The number of hydrogen-bond donors (Lipinski definition) is 1. The van der Waals surface area contributed by atoms with Gasteiger partial charge in [-0.05, 0) is 83.7 Å². The maximum Gasteiger partial charge on any atom is 0.264 e. The van der Waals surface area contributed by atoms with E-state index >= 15 is 0 Å². The van der Waals surface area contributed by atoms with Gasteiger partial charge in [0.25, 0.3) is 10.0 Å². The van der Waals surface area contributed by atoms with Gasteiger partial charge in [0.05, 0.1) is 22.2 Å². The lowest BCUT2D eigenvalue weighted by atomic mass is 10.1. The van der Waals surface area contributed by atoms with Crippen LogP contribution in [0.25, 0.3) is 0 Å². The molecule has 0 aliphatic rings. The lowest BCUT2D eigenvalue weighted by molar-refractivity contribution is -0.139. The molecule has 0 heterocycles. The summed E-state index contributed by atoms with van der Waals surface area (Å²) >= 11 is 9.41. The number of nitrogens with zero attached hydrogens (tertiary/aromatic N) is 2. The van der Waals surface area contributed by atoms with Crippen LogP contribution in [0.1, 0.15) is 31.9 Å². The Balaban J connectivity index is 2.03. The number of sulfonamides is 1. The average Bonchev–Trinajstić information content (AvgIpc) is 2.94. The quantitative estimate of drug-likeness (QED) is 0.264. The van der Waals surface area contributed by atoms with Gasteiger partial charge in [0.1, 0.15) is 18.3 Å². The normalized spacial score (nSPS) is 12.1. The third kappa shape index (κ3) is 8.47. The topological polar surface area (TPSA) is 96.0 Å². The van der Waals surface area contributed by atoms with Crippen molar-refractivity contribution in [2.24, 2.45) is 5.92 Å². The Morgan fingerprint density at radius 2 is 1.63 bits per heavy atom. The van der Waals surface area contributed by atoms with E-state index < -0.39 is 28.5 Å². The van der Waals surface area contributed by atoms with E-state index in [-0.39, 0.29) is 23.3 Å². The molecule has 0 aliphatic heterocycles. The van der Waals surface area contributed by atoms with Crippen LogP contribution in [0.3, 0.4) is 0 Å². The number of aryl methyl sites for hydroxylation is 1. The van der Waals surface area contributed by atoms with Gasteiger partial charge in [-0.1, -0.05) is 55.3 Å². The average molecular weight is 665 g/mol. The first-order valence-corrected chi connectivity index (χ1v) is 15.7. The van der Waals surface area contributed by atoms with Crippen LogP contribution in [0.5, 0.6) is 5.75 Å². The first-order valence-electron chi connectivity index (χ1n) is 13.1. The summed E-state index contributed by atoms with van der Waals surface area (Å²) in [5, 5.41) is 3.41. The molecular formula is C30H35BrClN3O5S. The first kappa shape index (κ1) is 32.4. The number of amides is 2. The Labute approximate surface area is 255 Å². The standard InChI is InChI=1S/C30H35BrClN3O5S/c1-20(2)17-33-30(37)22(4)34(18-23-8-10-24(32)11-9-23)29(36)19-35(25-12-6-21(3)7-13-25)41(38,39)26-14-15-28(40-5)27(31)16-26/h6-16,20,22H,17-19H2,1-5H3,(H,33,37)/t22-/m1/s1. The molecule has 1 N–H and O–H groups in total. The summed E-state index contributed by atoms with van der Waals surface area (Å²) in [4.78, 5) is 28.4. The second-order valence-corrected chi connectivity index (χ2v) is 13.3. The predicted molar refractivity (Wildman–Crippen MR) is 166 cm³/mol. The Hall–Kier alpha value is -3.08. The van der Waals surface area contributed by atoms with Crippen LogP contribution in [-0.4, -0.2) is 51.4 Å². The zero-order valence-corrected chi connectivity index (χ0v) is 26.9. The highest BCUT2D eigenvalue weighted by atomic mass is 79.9. The maximum absolute atomic E-state index is 14.0. The van der Waals surface area contributed by atoms with Crippen molar-refractivity contribution in [1.82, 2.24) is 10.2 Å². The Bertz CT molecular complexity index is 1460. The fourth-order valence-corrected chi connectivity index (χ4v) is 6.26. The number of methoxy groups -OCH3 is 1. The monoisotopic (exact) mass is 663 g/mol. The predicted octanol–water partition coefficient (Wildman–Crippen LogP) is 5.80. The summed E-state index contributed by atoms with van der Waals surface area (Å²) in [5.74, 6) is -0.177. The van der Waals surface area contributed by atoms with Crippen LogP contribution in [0.4, 0.5) is 5.69 Å². The minimum atomic E-state index is -4.21. The molecule has 0 unspecified atom stereocenters. The zero-order valence-electron chi connectivity index (χ0n) is 23.7. The van der Waals surface area contributed by atoms with Crippen molar-refractivity contribution >= 4 is 55.1 Å².